The van der Waals surface area contributed by atoms with Crippen molar-refractivity contribution in [3.8, 4) is 0 Å². The molecule has 1 aliphatic heterocycles. The van der Waals surface area contributed by atoms with Crippen molar-refractivity contribution in [1.29, 1.82) is 0 Å². The number of piperidine rings is 1. The molecule has 4 nitrogen and oxygen atoms in total. The van der Waals surface area contributed by atoms with E-state index >= 15 is 0 Å². The minimum atomic E-state index is -0.789. The zero-order chi connectivity index (χ0) is 14.1. The van der Waals surface area contributed by atoms with Gasteiger partial charge in [0.1, 0.15) is 0 Å². The van der Waals surface area contributed by atoms with Crippen molar-refractivity contribution in [3.05, 3.63) is 35.9 Å². The van der Waals surface area contributed by atoms with Crippen LogP contribution in [0.5, 0.6) is 0 Å². The van der Waals surface area contributed by atoms with Crippen molar-refractivity contribution in [2.45, 2.75) is 25.4 Å². The maximum atomic E-state index is 11.2. The zero-order valence-corrected chi connectivity index (χ0v) is 11.9. The Morgan fingerprint density at radius 3 is 2.40 bits per heavy atom. The van der Waals surface area contributed by atoms with Crippen molar-refractivity contribution < 1.29 is 9.90 Å². The molecule has 1 aliphatic carbocycles. The molecule has 2 fully saturated rings. The molecule has 1 saturated heterocycles. The number of hydrogen-bond donors (Lipinski definition) is 1. The van der Waals surface area contributed by atoms with E-state index < -0.39 is 6.09 Å². The van der Waals surface area contributed by atoms with E-state index in [0.29, 0.717) is 11.8 Å². The molecule has 0 aromatic heterocycles. The average molecular weight is 274 g/mol. The van der Waals surface area contributed by atoms with Crippen molar-refractivity contribution in [3.63, 3.8) is 0 Å². The van der Waals surface area contributed by atoms with Crippen molar-refractivity contribution in [2.75, 3.05) is 20.1 Å². The first-order valence-electron chi connectivity index (χ1n) is 7.37. The molecule has 1 N–H and O–H groups in total. The summed E-state index contributed by atoms with van der Waals surface area (Å²) in [5, 5.41) is 9.21. The Morgan fingerprint density at radius 2 is 1.85 bits per heavy atom. The maximum Gasteiger partial charge on any atom is 0.407 e. The van der Waals surface area contributed by atoms with Crippen LogP contribution in [0.2, 0.25) is 0 Å². The van der Waals surface area contributed by atoms with Crippen molar-refractivity contribution in [1.82, 2.24) is 9.80 Å². The molecule has 108 valence electrons. The number of likely N-dealkylation sites (tertiary alicyclic amines) is 1. The predicted octanol–water partition coefficient (Wildman–Crippen LogP) is 2.51. The van der Waals surface area contributed by atoms with Crippen LogP contribution in [0.4, 0.5) is 4.79 Å². The van der Waals surface area contributed by atoms with Crippen LogP contribution in [0.15, 0.2) is 30.3 Å². The fourth-order valence-corrected chi connectivity index (χ4v) is 4.02. The summed E-state index contributed by atoms with van der Waals surface area (Å²) in [4.78, 5) is 15.2. The number of rotatable bonds is 3. The summed E-state index contributed by atoms with van der Waals surface area (Å²) >= 11 is 0. The van der Waals surface area contributed by atoms with E-state index in [9.17, 15) is 9.90 Å². The molecule has 20 heavy (non-hydrogen) atoms. The SMILES string of the molecule is CN(C(=O)O)C1C2CCC1CN(Cc1ccccc1)C2. The van der Waals surface area contributed by atoms with E-state index in [-0.39, 0.29) is 6.04 Å². The highest BCUT2D eigenvalue weighted by atomic mass is 16.4. The van der Waals surface area contributed by atoms with Gasteiger partial charge in [0, 0.05) is 32.7 Å². The van der Waals surface area contributed by atoms with E-state index in [2.05, 4.69) is 29.2 Å². The topological polar surface area (TPSA) is 43.8 Å². The lowest BCUT2D eigenvalue weighted by atomic mass is 9.91. The normalized spacial score (nSPS) is 29.4. The van der Waals surface area contributed by atoms with Gasteiger partial charge >= 0.3 is 6.09 Å². The molecule has 4 heteroatoms. The van der Waals surface area contributed by atoms with Crippen LogP contribution in [0, 0.1) is 11.8 Å². The monoisotopic (exact) mass is 274 g/mol. The highest BCUT2D eigenvalue weighted by Gasteiger charge is 2.45. The van der Waals surface area contributed by atoms with Crippen LogP contribution in [0.3, 0.4) is 0 Å². The first-order chi connectivity index (χ1) is 9.65. The van der Waals surface area contributed by atoms with Crippen molar-refractivity contribution in [2.24, 2.45) is 11.8 Å². The standard InChI is InChI=1S/C16H22N2O2/c1-17(16(19)20)15-13-7-8-14(15)11-18(10-13)9-12-5-3-2-4-6-12/h2-6,13-15H,7-11H2,1H3,(H,19,20). The summed E-state index contributed by atoms with van der Waals surface area (Å²) in [6, 6.07) is 10.7. The average Bonchev–Trinajstić information content (AvgIpc) is 2.70. The second kappa shape index (κ2) is 5.44. The van der Waals surface area contributed by atoms with Crippen molar-refractivity contribution >= 4 is 6.09 Å². The summed E-state index contributed by atoms with van der Waals surface area (Å²) in [5.41, 5.74) is 1.34. The Balaban J connectivity index is 1.66. The number of benzene rings is 1. The van der Waals surface area contributed by atoms with E-state index in [1.807, 2.05) is 6.07 Å². The van der Waals surface area contributed by atoms with E-state index in [4.69, 9.17) is 0 Å². The first-order valence-corrected chi connectivity index (χ1v) is 7.37. The van der Waals surface area contributed by atoms with E-state index in [1.54, 1.807) is 11.9 Å². The summed E-state index contributed by atoms with van der Waals surface area (Å²) in [6.07, 6.45) is 1.54. The fraction of sp³-hybridized carbons (Fsp3) is 0.562. The third-order valence-corrected chi connectivity index (χ3v) is 4.86. The zero-order valence-electron chi connectivity index (χ0n) is 11.9. The minimum Gasteiger partial charge on any atom is -0.465 e. The van der Waals surface area contributed by atoms with Crippen LogP contribution in [0.1, 0.15) is 18.4 Å². The van der Waals surface area contributed by atoms with E-state index in [1.165, 1.54) is 5.56 Å². The fourth-order valence-electron chi connectivity index (χ4n) is 4.02. The molecule has 2 bridgehead atoms. The molecule has 1 aromatic rings. The highest BCUT2D eigenvalue weighted by molar-refractivity contribution is 5.65. The van der Waals surface area contributed by atoms with E-state index in [0.717, 1.165) is 32.5 Å². The molecule has 0 radical (unpaired) electrons. The summed E-state index contributed by atoms with van der Waals surface area (Å²) < 4.78 is 0. The smallest absolute Gasteiger partial charge is 0.407 e. The second-order valence-electron chi connectivity index (χ2n) is 6.16. The molecule has 1 amide bonds. The van der Waals surface area contributed by atoms with Gasteiger partial charge in [-0.15, -0.1) is 0 Å². The number of carbonyl (C=O) groups is 1. The summed E-state index contributed by atoms with van der Waals surface area (Å²) in [6.45, 7) is 3.03. The van der Waals surface area contributed by atoms with Crippen LogP contribution in [0.25, 0.3) is 0 Å². The number of fused-ring (bicyclic) bond motifs is 2. The molecule has 1 aromatic carbocycles. The number of amides is 1. The van der Waals surface area contributed by atoms with Gasteiger partial charge in [0.2, 0.25) is 0 Å². The molecule has 1 saturated carbocycles. The molecule has 3 rings (SSSR count). The third-order valence-electron chi connectivity index (χ3n) is 4.86. The number of carboxylic acid groups (broad SMARTS) is 1. The quantitative estimate of drug-likeness (QED) is 0.921. The molecule has 2 unspecified atom stereocenters. The van der Waals surface area contributed by atoms with Crippen LogP contribution in [-0.4, -0.2) is 47.2 Å². The Morgan fingerprint density at radius 1 is 1.25 bits per heavy atom. The maximum absolute atomic E-state index is 11.2. The van der Waals surface area contributed by atoms with Crippen LogP contribution in [-0.2, 0) is 6.54 Å². The van der Waals surface area contributed by atoms with Gasteiger partial charge in [0.25, 0.3) is 0 Å². The van der Waals surface area contributed by atoms with Crippen LogP contribution >= 0.6 is 0 Å². The molecule has 2 atom stereocenters. The highest BCUT2D eigenvalue weighted by Crippen LogP contribution is 2.40. The lowest BCUT2D eigenvalue weighted by Gasteiger charge is -2.41. The van der Waals surface area contributed by atoms with Gasteiger partial charge in [-0.3, -0.25) is 4.90 Å². The first kappa shape index (κ1) is 13.4. The predicted molar refractivity (Wildman–Crippen MR) is 77.5 cm³/mol. The Labute approximate surface area is 120 Å². The van der Waals surface area contributed by atoms with Gasteiger partial charge in [0.15, 0.2) is 0 Å². The van der Waals surface area contributed by atoms with Gasteiger partial charge in [0.05, 0.1) is 0 Å². The van der Waals surface area contributed by atoms with Gasteiger partial charge in [-0.05, 0) is 30.2 Å². The summed E-state index contributed by atoms with van der Waals surface area (Å²) in [5.74, 6) is 0.997. The molecular weight excluding hydrogens is 252 g/mol. The second-order valence-corrected chi connectivity index (χ2v) is 6.16. The molecule has 1 heterocycles. The Bertz CT molecular complexity index is 463. The molecular formula is C16H22N2O2. The molecule has 2 aliphatic rings. The van der Waals surface area contributed by atoms with Gasteiger partial charge in [-0.25, -0.2) is 4.79 Å². The number of nitrogens with zero attached hydrogens (tertiary/aromatic N) is 2. The third kappa shape index (κ3) is 2.52. The largest absolute Gasteiger partial charge is 0.465 e. The Hall–Kier alpha value is -1.55. The molecule has 0 spiro atoms. The summed E-state index contributed by atoms with van der Waals surface area (Å²) in [7, 11) is 1.73. The van der Waals surface area contributed by atoms with Gasteiger partial charge < -0.3 is 10.0 Å². The Kier molecular flexibility index (Phi) is 3.66. The lowest BCUT2D eigenvalue weighted by molar-refractivity contribution is 0.0563. The lowest BCUT2D eigenvalue weighted by Crippen LogP contribution is -2.52. The van der Waals surface area contributed by atoms with Gasteiger partial charge in [-0.1, -0.05) is 30.3 Å². The number of hydrogen-bond acceptors (Lipinski definition) is 2. The van der Waals surface area contributed by atoms with Crippen LogP contribution < -0.4 is 0 Å². The minimum absolute atomic E-state index is 0.222. The van der Waals surface area contributed by atoms with Gasteiger partial charge in [-0.2, -0.15) is 0 Å².